The molecule has 0 saturated heterocycles. The quantitative estimate of drug-likeness (QED) is 0.577. The van der Waals surface area contributed by atoms with Gasteiger partial charge < -0.3 is 9.84 Å². The summed E-state index contributed by atoms with van der Waals surface area (Å²) >= 11 is 4.09. The van der Waals surface area contributed by atoms with Crippen LogP contribution in [0.5, 0.6) is 0 Å². The van der Waals surface area contributed by atoms with E-state index in [2.05, 4.69) is 12.6 Å². The summed E-state index contributed by atoms with van der Waals surface area (Å²) in [5.41, 5.74) is -0.551. The van der Waals surface area contributed by atoms with Crippen LogP contribution in [-0.2, 0) is 14.3 Å². The van der Waals surface area contributed by atoms with E-state index in [4.69, 9.17) is 9.84 Å². The summed E-state index contributed by atoms with van der Waals surface area (Å²) in [4.78, 5) is 22.6. The van der Waals surface area contributed by atoms with Crippen molar-refractivity contribution in [1.82, 2.24) is 0 Å². The fourth-order valence-corrected chi connectivity index (χ4v) is 2.47. The van der Waals surface area contributed by atoms with Crippen LogP contribution in [-0.4, -0.2) is 28.4 Å². The van der Waals surface area contributed by atoms with Crippen LogP contribution in [0.4, 0.5) is 0 Å². The van der Waals surface area contributed by atoms with E-state index in [0.717, 1.165) is 32.1 Å². The van der Waals surface area contributed by atoms with Crippen molar-refractivity contribution < 1.29 is 19.4 Å². The van der Waals surface area contributed by atoms with Crippen LogP contribution in [0.2, 0.25) is 0 Å². The molecule has 0 amide bonds. The first-order valence-electron chi connectivity index (χ1n) is 6.54. The number of hydrogen-bond donors (Lipinski definition) is 2. The maximum atomic E-state index is 11.9. The third-order valence-electron chi connectivity index (χ3n) is 3.55. The summed E-state index contributed by atoms with van der Waals surface area (Å²) in [7, 11) is 0. The zero-order valence-electron chi connectivity index (χ0n) is 10.9. The van der Waals surface area contributed by atoms with Crippen molar-refractivity contribution >= 4 is 24.6 Å². The monoisotopic (exact) mass is 274 g/mol. The summed E-state index contributed by atoms with van der Waals surface area (Å²) in [6.45, 7) is 1.78. The molecule has 0 aromatic rings. The Morgan fingerprint density at radius 3 is 2.44 bits per heavy atom. The van der Waals surface area contributed by atoms with Crippen LogP contribution in [0, 0.1) is 5.92 Å². The van der Waals surface area contributed by atoms with E-state index in [1.54, 1.807) is 6.92 Å². The number of carboxylic acid groups (broad SMARTS) is 1. The molecule has 0 heterocycles. The predicted octanol–water partition coefficient (Wildman–Crippen LogP) is 2.66. The van der Waals surface area contributed by atoms with E-state index in [1.165, 1.54) is 0 Å². The van der Waals surface area contributed by atoms with Crippen LogP contribution in [0.25, 0.3) is 0 Å². The summed E-state index contributed by atoms with van der Waals surface area (Å²) < 4.78 is 5.63. The number of carbonyl (C=O) groups excluding carboxylic acids is 1. The lowest BCUT2D eigenvalue weighted by Crippen LogP contribution is -2.39. The molecule has 1 rings (SSSR count). The van der Waals surface area contributed by atoms with Gasteiger partial charge in [0.05, 0.1) is 5.92 Å². The van der Waals surface area contributed by atoms with Crippen molar-refractivity contribution in [2.24, 2.45) is 5.92 Å². The zero-order valence-corrected chi connectivity index (χ0v) is 11.7. The minimum atomic E-state index is -0.835. The molecule has 1 saturated carbocycles. The molecule has 0 unspecified atom stereocenters. The number of carboxylic acids is 1. The Bertz CT molecular complexity index is 297. The highest BCUT2D eigenvalue weighted by atomic mass is 32.1. The molecule has 5 heteroatoms. The van der Waals surface area contributed by atoms with Crippen molar-refractivity contribution in [3.05, 3.63) is 0 Å². The number of carbonyl (C=O) groups is 2. The normalized spacial score (nSPS) is 20.1. The van der Waals surface area contributed by atoms with Gasteiger partial charge in [-0.1, -0.05) is 13.3 Å². The van der Waals surface area contributed by atoms with E-state index < -0.39 is 11.6 Å². The SMILES string of the molecule is C[C@H](CS)C(=O)OC1(CCC(=O)O)CCCCC1. The summed E-state index contributed by atoms with van der Waals surface area (Å²) in [5, 5.41) is 8.80. The molecule has 0 bridgehead atoms. The molecule has 0 radical (unpaired) electrons. The van der Waals surface area contributed by atoms with Gasteiger partial charge >= 0.3 is 11.9 Å². The van der Waals surface area contributed by atoms with E-state index in [-0.39, 0.29) is 18.3 Å². The summed E-state index contributed by atoms with van der Waals surface area (Å²) in [6, 6.07) is 0. The van der Waals surface area contributed by atoms with Crippen molar-refractivity contribution in [3.8, 4) is 0 Å². The largest absolute Gasteiger partial charge is 0.481 e. The van der Waals surface area contributed by atoms with Gasteiger partial charge in [-0.25, -0.2) is 0 Å². The Hall–Kier alpha value is -0.710. The maximum absolute atomic E-state index is 11.9. The molecular weight excluding hydrogens is 252 g/mol. The van der Waals surface area contributed by atoms with Gasteiger partial charge in [0.25, 0.3) is 0 Å². The molecule has 104 valence electrons. The van der Waals surface area contributed by atoms with Crippen molar-refractivity contribution in [1.29, 1.82) is 0 Å². The van der Waals surface area contributed by atoms with Crippen LogP contribution < -0.4 is 0 Å². The van der Waals surface area contributed by atoms with Gasteiger partial charge in [-0.3, -0.25) is 9.59 Å². The first kappa shape index (κ1) is 15.3. The second kappa shape index (κ2) is 7.02. The van der Waals surface area contributed by atoms with Crippen molar-refractivity contribution in [2.75, 3.05) is 5.75 Å². The number of thiol groups is 1. The lowest BCUT2D eigenvalue weighted by Gasteiger charge is -2.37. The minimum absolute atomic E-state index is 0.0581. The summed E-state index contributed by atoms with van der Waals surface area (Å²) in [6.07, 6.45) is 5.19. The number of rotatable bonds is 6. The fraction of sp³-hybridized carbons (Fsp3) is 0.846. The van der Waals surface area contributed by atoms with Gasteiger partial charge in [-0.05, 0) is 32.1 Å². The number of esters is 1. The first-order chi connectivity index (χ1) is 8.49. The Balaban J connectivity index is 2.64. The average molecular weight is 274 g/mol. The Morgan fingerprint density at radius 2 is 1.94 bits per heavy atom. The standard InChI is InChI=1S/C13H22O4S/c1-10(9-18)12(16)17-13(8-5-11(14)15)6-3-2-4-7-13/h10,18H,2-9H2,1H3,(H,14,15)/t10-/m1/s1. The van der Waals surface area contributed by atoms with E-state index >= 15 is 0 Å². The second-order valence-corrected chi connectivity index (χ2v) is 5.51. The van der Waals surface area contributed by atoms with Gasteiger partial charge in [-0.2, -0.15) is 12.6 Å². The smallest absolute Gasteiger partial charge is 0.310 e. The highest BCUT2D eigenvalue weighted by Gasteiger charge is 2.37. The molecule has 1 atom stereocenters. The van der Waals surface area contributed by atoms with E-state index in [9.17, 15) is 9.59 Å². The summed E-state index contributed by atoms with van der Waals surface area (Å²) in [5.74, 6) is -0.874. The maximum Gasteiger partial charge on any atom is 0.310 e. The van der Waals surface area contributed by atoms with Gasteiger partial charge in [0, 0.05) is 12.2 Å². The van der Waals surface area contributed by atoms with Crippen LogP contribution in [0.1, 0.15) is 51.9 Å². The third kappa shape index (κ3) is 4.52. The topological polar surface area (TPSA) is 63.6 Å². The Labute approximate surface area is 113 Å². The molecule has 1 N–H and O–H groups in total. The Kier molecular flexibility index (Phi) is 5.99. The number of ether oxygens (including phenoxy) is 1. The predicted molar refractivity (Wildman–Crippen MR) is 71.8 cm³/mol. The van der Waals surface area contributed by atoms with Gasteiger partial charge in [-0.15, -0.1) is 0 Å². The van der Waals surface area contributed by atoms with Crippen LogP contribution in [0.15, 0.2) is 0 Å². The molecule has 1 fully saturated rings. The van der Waals surface area contributed by atoms with Crippen molar-refractivity contribution in [3.63, 3.8) is 0 Å². The number of hydrogen-bond acceptors (Lipinski definition) is 4. The molecule has 0 spiro atoms. The highest BCUT2D eigenvalue weighted by Crippen LogP contribution is 2.36. The molecule has 1 aliphatic carbocycles. The highest BCUT2D eigenvalue weighted by molar-refractivity contribution is 7.80. The molecule has 0 aliphatic heterocycles. The first-order valence-corrected chi connectivity index (χ1v) is 7.18. The number of aliphatic carboxylic acids is 1. The van der Waals surface area contributed by atoms with Crippen LogP contribution >= 0.6 is 12.6 Å². The van der Waals surface area contributed by atoms with Crippen molar-refractivity contribution in [2.45, 2.75) is 57.5 Å². The fourth-order valence-electron chi connectivity index (χ4n) is 2.32. The average Bonchev–Trinajstić information content (AvgIpc) is 2.36. The molecule has 0 aromatic heterocycles. The van der Waals surface area contributed by atoms with Crippen LogP contribution in [0.3, 0.4) is 0 Å². The lowest BCUT2D eigenvalue weighted by atomic mass is 9.81. The van der Waals surface area contributed by atoms with Gasteiger partial charge in [0.15, 0.2) is 0 Å². The van der Waals surface area contributed by atoms with E-state index in [1.807, 2.05) is 0 Å². The molecular formula is C13H22O4S. The molecule has 4 nitrogen and oxygen atoms in total. The molecule has 0 aromatic carbocycles. The molecule has 18 heavy (non-hydrogen) atoms. The third-order valence-corrected chi connectivity index (χ3v) is 4.10. The van der Waals surface area contributed by atoms with E-state index in [0.29, 0.717) is 12.2 Å². The minimum Gasteiger partial charge on any atom is -0.481 e. The second-order valence-electron chi connectivity index (χ2n) is 5.14. The molecule has 1 aliphatic rings. The zero-order chi connectivity index (χ0) is 13.6. The Morgan fingerprint density at radius 1 is 1.33 bits per heavy atom. The van der Waals surface area contributed by atoms with Gasteiger partial charge in [0.2, 0.25) is 0 Å². The van der Waals surface area contributed by atoms with Gasteiger partial charge in [0.1, 0.15) is 5.60 Å². The lowest BCUT2D eigenvalue weighted by molar-refractivity contribution is -0.169.